The Hall–Kier alpha value is -2.08. The Labute approximate surface area is 130 Å². The molecule has 1 aromatic rings. The van der Waals surface area contributed by atoms with Gasteiger partial charge in [-0.25, -0.2) is 4.79 Å². The Balaban J connectivity index is 2.05. The standard InChI is InChI=1S/C16H23N3O3/c1-4-22-14-6-5-12-7-8-19(10-13(12)9-14)11(2)15(20)18-16(21)17-3/h5-6,9,11H,4,7-8,10H2,1-3H3,(H2,17,18,20,21)/t11-/m0/s1. The molecule has 0 unspecified atom stereocenters. The number of amides is 3. The van der Waals surface area contributed by atoms with Crippen molar-refractivity contribution < 1.29 is 14.3 Å². The predicted molar refractivity (Wildman–Crippen MR) is 83.8 cm³/mol. The van der Waals surface area contributed by atoms with Gasteiger partial charge in [-0.2, -0.15) is 0 Å². The van der Waals surface area contributed by atoms with Gasteiger partial charge in [-0.15, -0.1) is 0 Å². The lowest BCUT2D eigenvalue weighted by atomic mass is 9.98. The fraction of sp³-hybridized carbons (Fsp3) is 0.500. The highest BCUT2D eigenvalue weighted by Crippen LogP contribution is 2.25. The summed E-state index contributed by atoms with van der Waals surface area (Å²) in [7, 11) is 1.49. The van der Waals surface area contributed by atoms with Crippen molar-refractivity contribution in [2.75, 3.05) is 20.2 Å². The quantitative estimate of drug-likeness (QED) is 0.879. The van der Waals surface area contributed by atoms with Crippen molar-refractivity contribution in [2.24, 2.45) is 0 Å². The van der Waals surface area contributed by atoms with E-state index in [1.807, 2.05) is 26.0 Å². The van der Waals surface area contributed by atoms with E-state index < -0.39 is 6.03 Å². The maximum atomic E-state index is 12.1. The van der Waals surface area contributed by atoms with Crippen LogP contribution in [0, 0.1) is 0 Å². The van der Waals surface area contributed by atoms with Crippen LogP contribution in [0.1, 0.15) is 25.0 Å². The molecule has 0 spiro atoms. The molecular formula is C16H23N3O3. The third-order valence-corrected chi connectivity index (χ3v) is 3.92. The van der Waals surface area contributed by atoms with Crippen molar-refractivity contribution in [1.29, 1.82) is 0 Å². The number of carbonyl (C=O) groups excluding carboxylic acids is 2. The monoisotopic (exact) mass is 305 g/mol. The molecule has 3 amide bonds. The summed E-state index contributed by atoms with van der Waals surface area (Å²) in [5.74, 6) is 0.564. The van der Waals surface area contributed by atoms with Crippen LogP contribution in [0.5, 0.6) is 5.75 Å². The zero-order chi connectivity index (χ0) is 16.1. The van der Waals surface area contributed by atoms with Gasteiger partial charge in [0.2, 0.25) is 5.91 Å². The maximum absolute atomic E-state index is 12.1. The van der Waals surface area contributed by atoms with E-state index in [9.17, 15) is 9.59 Å². The molecule has 1 aliphatic rings. The van der Waals surface area contributed by atoms with Gasteiger partial charge in [0.25, 0.3) is 0 Å². The van der Waals surface area contributed by atoms with Crippen molar-refractivity contribution in [3.05, 3.63) is 29.3 Å². The lowest BCUT2D eigenvalue weighted by molar-refractivity contribution is -0.125. The van der Waals surface area contributed by atoms with Crippen LogP contribution in [0.2, 0.25) is 0 Å². The molecule has 1 atom stereocenters. The average Bonchev–Trinajstić information content (AvgIpc) is 2.53. The molecule has 1 aromatic carbocycles. The van der Waals surface area contributed by atoms with E-state index >= 15 is 0 Å². The molecule has 0 fully saturated rings. The molecule has 6 heteroatoms. The fourth-order valence-corrected chi connectivity index (χ4v) is 2.59. The first-order valence-corrected chi connectivity index (χ1v) is 7.56. The zero-order valence-corrected chi connectivity index (χ0v) is 13.3. The highest BCUT2D eigenvalue weighted by molar-refractivity contribution is 5.96. The lowest BCUT2D eigenvalue weighted by Gasteiger charge is -2.32. The minimum atomic E-state index is -0.479. The molecule has 1 heterocycles. The number of nitrogens with one attached hydrogen (secondary N) is 2. The van der Waals surface area contributed by atoms with Gasteiger partial charge in [-0.1, -0.05) is 6.07 Å². The van der Waals surface area contributed by atoms with Crippen molar-refractivity contribution in [1.82, 2.24) is 15.5 Å². The Morgan fingerprint density at radius 2 is 2.14 bits per heavy atom. The number of rotatable bonds is 4. The molecule has 1 aliphatic heterocycles. The summed E-state index contributed by atoms with van der Waals surface area (Å²) in [4.78, 5) is 25.4. The minimum absolute atomic E-state index is 0.288. The molecule has 0 saturated heterocycles. The first-order chi connectivity index (χ1) is 10.5. The summed E-state index contributed by atoms with van der Waals surface area (Å²) in [5, 5.41) is 4.71. The van der Waals surface area contributed by atoms with Crippen LogP contribution in [0.15, 0.2) is 18.2 Å². The summed E-state index contributed by atoms with van der Waals surface area (Å²) >= 11 is 0. The number of urea groups is 1. The van der Waals surface area contributed by atoms with Gasteiger partial charge in [0, 0.05) is 20.1 Å². The van der Waals surface area contributed by atoms with Gasteiger partial charge in [0.05, 0.1) is 12.6 Å². The van der Waals surface area contributed by atoms with E-state index in [1.54, 1.807) is 0 Å². The number of benzene rings is 1. The first-order valence-electron chi connectivity index (χ1n) is 7.56. The highest BCUT2D eigenvalue weighted by atomic mass is 16.5. The normalized spacial score (nSPS) is 15.6. The summed E-state index contributed by atoms with van der Waals surface area (Å²) in [6.45, 7) is 5.88. The zero-order valence-electron chi connectivity index (χ0n) is 13.3. The average molecular weight is 305 g/mol. The Morgan fingerprint density at radius 1 is 1.36 bits per heavy atom. The first kappa shape index (κ1) is 16.3. The summed E-state index contributed by atoms with van der Waals surface area (Å²) in [6, 6.07) is 5.27. The van der Waals surface area contributed by atoms with E-state index in [4.69, 9.17) is 4.74 Å². The number of carbonyl (C=O) groups is 2. The molecule has 0 saturated carbocycles. The second-order valence-corrected chi connectivity index (χ2v) is 5.33. The number of imide groups is 1. The van der Waals surface area contributed by atoms with E-state index in [2.05, 4.69) is 21.6 Å². The third kappa shape index (κ3) is 3.76. The lowest BCUT2D eigenvalue weighted by Crippen LogP contribution is -2.50. The topological polar surface area (TPSA) is 70.7 Å². The fourth-order valence-electron chi connectivity index (χ4n) is 2.59. The van der Waals surface area contributed by atoms with Crippen LogP contribution in [0.4, 0.5) is 4.79 Å². The molecule has 0 aromatic heterocycles. The highest BCUT2D eigenvalue weighted by Gasteiger charge is 2.26. The molecule has 0 aliphatic carbocycles. The van der Waals surface area contributed by atoms with Crippen molar-refractivity contribution in [2.45, 2.75) is 32.9 Å². The van der Waals surface area contributed by atoms with Crippen LogP contribution >= 0.6 is 0 Å². The van der Waals surface area contributed by atoms with Gasteiger partial charge in [-0.05, 0) is 43.5 Å². The Morgan fingerprint density at radius 3 is 2.82 bits per heavy atom. The number of hydrogen-bond acceptors (Lipinski definition) is 4. The van der Waals surface area contributed by atoms with Gasteiger partial charge < -0.3 is 10.1 Å². The number of fused-ring (bicyclic) bond motifs is 1. The number of hydrogen-bond donors (Lipinski definition) is 2. The van der Waals surface area contributed by atoms with E-state index in [0.29, 0.717) is 13.2 Å². The molecule has 22 heavy (non-hydrogen) atoms. The van der Waals surface area contributed by atoms with Gasteiger partial charge in [-0.3, -0.25) is 15.0 Å². The van der Waals surface area contributed by atoms with E-state index in [1.165, 1.54) is 18.2 Å². The molecular weight excluding hydrogens is 282 g/mol. The third-order valence-electron chi connectivity index (χ3n) is 3.92. The van der Waals surface area contributed by atoms with Crippen LogP contribution in [-0.2, 0) is 17.8 Å². The minimum Gasteiger partial charge on any atom is -0.494 e. The van der Waals surface area contributed by atoms with Gasteiger partial charge in [0.15, 0.2) is 0 Å². The second kappa shape index (κ2) is 7.26. The molecule has 6 nitrogen and oxygen atoms in total. The van der Waals surface area contributed by atoms with Gasteiger partial charge >= 0.3 is 6.03 Å². The van der Waals surface area contributed by atoms with E-state index in [-0.39, 0.29) is 11.9 Å². The van der Waals surface area contributed by atoms with Crippen molar-refractivity contribution in [3.63, 3.8) is 0 Å². The van der Waals surface area contributed by atoms with Crippen LogP contribution < -0.4 is 15.4 Å². The van der Waals surface area contributed by atoms with Gasteiger partial charge in [0.1, 0.15) is 5.75 Å². The second-order valence-electron chi connectivity index (χ2n) is 5.33. The van der Waals surface area contributed by atoms with Crippen molar-refractivity contribution in [3.8, 4) is 5.75 Å². The number of nitrogens with zero attached hydrogens (tertiary/aromatic N) is 1. The van der Waals surface area contributed by atoms with Crippen molar-refractivity contribution >= 4 is 11.9 Å². The smallest absolute Gasteiger partial charge is 0.321 e. The maximum Gasteiger partial charge on any atom is 0.321 e. The van der Waals surface area contributed by atoms with Crippen LogP contribution in [0.25, 0.3) is 0 Å². The molecule has 120 valence electrons. The Kier molecular flexibility index (Phi) is 5.38. The number of ether oxygens (including phenoxy) is 1. The predicted octanol–water partition coefficient (Wildman–Crippen LogP) is 1.29. The largest absolute Gasteiger partial charge is 0.494 e. The summed E-state index contributed by atoms with van der Waals surface area (Å²) in [6.07, 6.45) is 0.888. The van der Waals surface area contributed by atoms with E-state index in [0.717, 1.165) is 18.7 Å². The summed E-state index contributed by atoms with van der Waals surface area (Å²) in [5.41, 5.74) is 2.47. The molecule has 0 radical (unpaired) electrons. The Bertz CT molecular complexity index is 560. The molecule has 2 rings (SSSR count). The summed E-state index contributed by atoms with van der Waals surface area (Å²) < 4.78 is 5.53. The SMILES string of the molecule is CCOc1ccc2c(c1)CN([C@@H](C)C(=O)NC(=O)NC)CC2. The van der Waals surface area contributed by atoms with Crippen LogP contribution in [-0.4, -0.2) is 43.1 Å². The molecule has 0 bridgehead atoms. The van der Waals surface area contributed by atoms with Crippen LogP contribution in [0.3, 0.4) is 0 Å². The molecule has 2 N–H and O–H groups in total.